The Morgan fingerprint density at radius 1 is 1.65 bits per heavy atom. The van der Waals surface area contributed by atoms with Gasteiger partial charge in [-0.15, -0.1) is 6.58 Å². The molecule has 3 heterocycles. The number of carbonyl (C=O) groups is 1. The molecule has 20 heavy (non-hydrogen) atoms. The molecule has 0 saturated carbocycles. The second kappa shape index (κ2) is 4.93. The first-order valence-corrected chi connectivity index (χ1v) is 6.27. The van der Waals surface area contributed by atoms with Crippen LogP contribution in [0.25, 0.3) is 5.65 Å². The Labute approximate surface area is 114 Å². The number of nitrogens with one attached hydrogen (secondary N) is 1. The van der Waals surface area contributed by atoms with Gasteiger partial charge in [0.25, 0.3) is 0 Å². The number of rotatable bonds is 4. The maximum atomic E-state index is 11.1. The van der Waals surface area contributed by atoms with Crippen molar-refractivity contribution in [1.82, 2.24) is 14.4 Å². The Bertz CT molecular complexity index is 667. The summed E-state index contributed by atoms with van der Waals surface area (Å²) in [7, 11) is 0. The molecule has 3 rings (SSSR count). The number of fused-ring (bicyclic) bond motifs is 1. The summed E-state index contributed by atoms with van der Waals surface area (Å²) >= 11 is 0. The molecule has 0 radical (unpaired) electrons. The van der Waals surface area contributed by atoms with Crippen LogP contribution in [0.4, 0.5) is 5.95 Å². The lowest BCUT2D eigenvalue weighted by Gasteiger charge is -2.18. The van der Waals surface area contributed by atoms with E-state index in [1.165, 1.54) is 6.07 Å². The van der Waals surface area contributed by atoms with Crippen LogP contribution in [0, 0.1) is 0 Å². The number of aromatic nitrogens is 3. The summed E-state index contributed by atoms with van der Waals surface area (Å²) in [6, 6.07) is 1.46. The molecule has 7 heteroatoms. The van der Waals surface area contributed by atoms with Crippen LogP contribution in [0.2, 0.25) is 0 Å². The summed E-state index contributed by atoms with van der Waals surface area (Å²) < 4.78 is 7.22. The summed E-state index contributed by atoms with van der Waals surface area (Å²) in [5, 5.41) is 12.3. The highest BCUT2D eigenvalue weighted by atomic mass is 16.5. The van der Waals surface area contributed by atoms with Crippen molar-refractivity contribution in [2.45, 2.75) is 18.6 Å². The highest BCUT2D eigenvalue weighted by molar-refractivity contribution is 5.87. The summed E-state index contributed by atoms with van der Waals surface area (Å²) in [4.78, 5) is 19.3. The van der Waals surface area contributed by atoms with Crippen LogP contribution in [0.1, 0.15) is 16.9 Å². The number of carboxylic acid groups (broad SMARTS) is 1. The van der Waals surface area contributed by atoms with Gasteiger partial charge in [-0.1, -0.05) is 6.08 Å². The molecule has 0 spiro atoms. The van der Waals surface area contributed by atoms with Crippen molar-refractivity contribution in [2.75, 3.05) is 11.9 Å². The third-order valence-corrected chi connectivity index (χ3v) is 3.29. The van der Waals surface area contributed by atoms with Crippen molar-refractivity contribution in [3.63, 3.8) is 0 Å². The van der Waals surface area contributed by atoms with Crippen LogP contribution in [0.3, 0.4) is 0 Å². The van der Waals surface area contributed by atoms with Gasteiger partial charge in [-0.25, -0.2) is 14.8 Å². The summed E-state index contributed by atoms with van der Waals surface area (Å²) in [6.07, 6.45) is 5.77. The lowest BCUT2D eigenvalue weighted by Crippen LogP contribution is -2.29. The molecule has 104 valence electrons. The van der Waals surface area contributed by atoms with Gasteiger partial charge in [0.2, 0.25) is 5.95 Å². The number of nitrogens with zero attached hydrogens (tertiary/aromatic N) is 3. The van der Waals surface area contributed by atoms with Crippen LogP contribution < -0.4 is 5.32 Å². The Hall–Kier alpha value is -2.41. The normalized spacial score (nSPS) is 22.0. The van der Waals surface area contributed by atoms with Gasteiger partial charge in [0.15, 0.2) is 5.69 Å². The Morgan fingerprint density at radius 3 is 3.25 bits per heavy atom. The van der Waals surface area contributed by atoms with Crippen molar-refractivity contribution >= 4 is 17.6 Å². The van der Waals surface area contributed by atoms with Gasteiger partial charge in [-0.3, -0.25) is 4.40 Å². The van der Waals surface area contributed by atoms with E-state index in [1.807, 2.05) is 0 Å². The molecule has 1 aliphatic rings. The molecular weight excluding hydrogens is 260 g/mol. The molecule has 0 aliphatic carbocycles. The Kier molecular flexibility index (Phi) is 3.11. The summed E-state index contributed by atoms with van der Waals surface area (Å²) in [5.41, 5.74) is 0.495. The van der Waals surface area contributed by atoms with Gasteiger partial charge in [0, 0.05) is 25.1 Å². The average Bonchev–Trinajstić information content (AvgIpc) is 3.06. The minimum absolute atomic E-state index is 0.0228. The topological polar surface area (TPSA) is 88.8 Å². The van der Waals surface area contributed by atoms with Crippen molar-refractivity contribution in [2.24, 2.45) is 0 Å². The number of carboxylic acids is 1. The highest BCUT2D eigenvalue weighted by Crippen LogP contribution is 2.20. The van der Waals surface area contributed by atoms with Gasteiger partial charge < -0.3 is 15.2 Å². The molecule has 2 aromatic heterocycles. The fourth-order valence-corrected chi connectivity index (χ4v) is 2.30. The molecule has 2 N–H and O–H groups in total. The lowest BCUT2D eigenvalue weighted by atomic mass is 10.1. The number of aromatic carboxylic acids is 1. The standard InChI is InChI=1S/C13H14N4O3/c1-2-10-8(3-6-20-10)15-13-16-9(12(18)19)7-11-14-4-5-17(11)13/h2,4-5,7-8,10H,1,3,6H2,(H,15,16)(H,18,19)/t8-,10+/m1/s1. The molecule has 7 nitrogen and oxygen atoms in total. The smallest absolute Gasteiger partial charge is 0.354 e. The number of hydrogen-bond donors (Lipinski definition) is 2. The van der Waals surface area contributed by atoms with E-state index in [-0.39, 0.29) is 17.8 Å². The zero-order valence-corrected chi connectivity index (χ0v) is 10.7. The average molecular weight is 274 g/mol. The van der Waals surface area contributed by atoms with Gasteiger partial charge >= 0.3 is 5.97 Å². The monoisotopic (exact) mass is 274 g/mol. The lowest BCUT2D eigenvalue weighted by molar-refractivity contribution is 0.0690. The zero-order valence-electron chi connectivity index (χ0n) is 10.7. The molecule has 0 bridgehead atoms. The number of ether oxygens (including phenoxy) is 1. The second-order valence-electron chi connectivity index (χ2n) is 4.54. The SMILES string of the molecule is C=C[C@@H]1OCC[C@H]1Nc1nc(C(=O)O)cc2nccn12. The minimum atomic E-state index is -1.08. The molecule has 0 unspecified atom stereocenters. The Morgan fingerprint density at radius 2 is 2.50 bits per heavy atom. The zero-order chi connectivity index (χ0) is 14.1. The van der Waals surface area contributed by atoms with Gasteiger partial charge in [0.1, 0.15) is 5.65 Å². The van der Waals surface area contributed by atoms with Crippen molar-refractivity contribution in [3.05, 3.63) is 36.8 Å². The molecular formula is C13H14N4O3. The van der Waals surface area contributed by atoms with E-state index in [9.17, 15) is 4.79 Å². The third kappa shape index (κ3) is 2.12. The maximum absolute atomic E-state index is 11.1. The summed E-state index contributed by atoms with van der Waals surface area (Å²) in [6.45, 7) is 4.37. The largest absolute Gasteiger partial charge is 0.477 e. The molecule has 1 saturated heterocycles. The maximum Gasteiger partial charge on any atom is 0.354 e. The molecule has 0 amide bonds. The quantitative estimate of drug-likeness (QED) is 0.814. The summed E-state index contributed by atoms with van der Waals surface area (Å²) in [5.74, 6) is -0.638. The van der Waals surface area contributed by atoms with Crippen molar-refractivity contribution < 1.29 is 14.6 Å². The number of anilines is 1. The van der Waals surface area contributed by atoms with E-state index >= 15 is 0 Å². The van der Waals surface area contributed by atoms with E-state index < -0.39 is 5.97 Å². The van der Waals surface area contributed by atoms with Crippen LogP contribution in [-0.2, 0) is 4.74 Å². The molecule has 2 aromatic rings. The first-order valence-electron chi connectivity index (χ1n) is 6.27. The second-order valence-corrected chi connectivity index (χ2v) is 4.54. The van der Waals surface area contributed by atoms with Crippen LogP contribution in [-0.4, -0.2) is 44.2 Å². The van der Waals surface area contributed by atoms with Gasteiger partial charge in [-0.2, -0.15) is 0 Å². The van der Waals surface area contributed by atoms with E-state index in [4.69, 9.17) is 9.84 Å². The van der Waals surface area contributed by atoms with Crippen molar-refractivity contribution in [1.29, 1.82) is 0 Å². The predicted octanol–water partition coefficient (Wildman–Crippen LogP) is 1.18. The van der Waals surface area contributed by atoms with Crippen molar-refractivity contribution in [3.8, 4) is 0 Å². The van der Waals surface area contributed by atoms with E-state index in [0.29, 0.717) is 18.2 Å². The molecule has 1 fully saturated rings. The van der Waals surface area contributed by atoms with E-state index in [2.05, 4.69) is 21.9 Å². The van der Waals surface area contributed by atoms with Gasteiger partial charge in [0.05, 0.1) is 12.1 Å². The minimum Gasteiger partial charge on any atom is -0.477 e. The molecule has 0 aromatic carbocycles. The first kappa shape index (κ1) is 12.6. The predicted molar refractivity (Wildman–Crippen MR) is 71.9 cm³/mol. The first-order chi connectivity index (χ1) is 9.69. The molecule has 2 atom stereocenters. The van der Waals surface area contributed by atoms with Crippen LogP contribution >= 0.6 is 0 Å². The van der Waals surface area contributed by atoms with Crippen LogP contribution in [0.5, 0.6) is 0 Å². The van der Waals surface area contributed by atoms with E-state index in [1.54, 1.807) is 22.9 Å². The fraction of sp³-hybridized carbons (Fsp3) is 0.308. The number of imidazole rings is 1. The Balaban J connectivity index is 1.99. The van der Waals surface area contributed by atoms with E-state index in [0.717, 1.165) is 6.42 Å². The highest BCUT2D eigenvalue weighted by Gasteiger charge is 2.27. The fourth-order valence-electron chi connectivity index (χ4n) is 2.30. The third-order valence-electron chi connectivity index (χ3n) is 3.29. The van der Waals surface area contributed by atoms with Gasteiger partial charge in [-0.05, 0) is 6.42 Å². The van der Waals surface area contributed by atoms with Crippen LogP contribution in [0.15, 0.2) is 31.1 Å². The number of hydrogen-bond acceptors (Lipinski definition) is 5. The molecule has 1 aliphatic heterocycles.